The number of alkyl halides is 3. The van der Waals surface area contributed by atoms with E-state index in [2.05, 4.69) is 0 Å². The summed E-state index contributed by atoms with van der Waals surface area (Å²) in [6.45, 7) is 0. The van der Waals surface area contributed by atoms with Gasteiger partial charge in [-0.25, -0.2) is 0 Å². The summed E-state index contributed by atoms with van der Waals surface area (Å²) in [4.78, 5) is 10.6. The molecule has 1 N–H and O–H groups in total. The van der Waals surface area contributed by atoms with Crippen molar-refractivity contribution >= 4 is 16.9 Å². The van der Waals surface area contributed by atoms with Crippen LogP contribution in [0.15, 0.2) is 24.3 Å². The zero-order valence-electron chi connectivity index (χ0n) is 10.2. The minimum absolute atomic E-state index is 0.0491. The van der Waals surface area contributed by atoms with Crippen LogP contribution in [0.5, 0.6) is 0 Å². The summed E-state index contributed by atoms with van der Waals surface area (Å²) in [6, 6.07) is 6.48. The third-order valence-corrected chi connectivity index (χ3v) is 3.07. The lowest BCUT2D eigenvalue weighted by Gasteiger charge is -2.11. The first-order valence-corrected chi connectivity index (χ1v) is 5.67. The van der Waals surface area contributed by atoms with Gasteiger partial charge < -0.3 is 9.67 Å². The summed E-state index contributed by atoms with van der Waals surface area (Å²) in [5.74, 6) is -1.11. The topological polar surface area (TPSA) is 42.2 Å². The Kier molecular flexibility index (Phi) is 3.26. The zero-order valence-corrected chi connectivity index (χ0v) is 10.2. The molecule has 0 unspecified atom stereocenters. The maximum absolute atomic E-state index is 13.1. The lowest BCUT2D eigenvalue weighted by molar-refractivity contribution is -0.144. The third-order valence-electron chi connectivity index (χ3n) is 3.07. The van der Waals surface area contributed by atoms with E-state index in [0.717, 1.165) is 4.57 Å². The van der Waals surface area contributed by atoms with E-state index >= 15 is 0 Å². The van der Waals surface area contributed by atoms with Gasteiger partial charge in [0.15, 0.2) is 0 Å². The second kappa shape index (κ2) is 4.60. The second-order valence-corrected chi connectivity index (χ2v) is 4.29. The number of para-hydroxylation sites is 1. The van der Waals surface area contributed by atoms with Crippen LogP contribution in [0.4, 0.5) is 13.2 Å². The molecule has 0 atom stereocenters. The van der Waals surface area contributed by atoms with Gasteiger partial charge in [0.25, 0.3) is 0 Å². The van der Waals surface area contributed by atoms with E-state index in [-0.39, 0.29) is 18.4 Å². The van der Waals surface area contributed by atoms with Crippen LogP contribution >= 0.6 is 0 Å². The Morgan fingerprint density at radius 3 is 2.53 bits per heavy atom. The molecule has 102 valence electrons. The molecule has 2 rings (SSSR count). The summed E-state index contributed by atoms with van der Waals surface area (Å²) < 4.78 is 40.4. The van der Waals surface area contributed by atoms with Gasteiger partial charge in [-0.2, -0.15) is 13.2 Å². The second-order valence-electron chi connectivity index (χ2n) is 4.29. The number of hydrogen-bond acceptors (Lipinski definition) is 1. The summed E-state index contributed by atoms with van der Waals surface area (Å²) in [7, 11) is 1.34. The van der Waals surface area contributed by atoms with Crippen molar-refractivity contribution in [3.05, 3.63) is 35.5 Å². The predicted octanol–water partition coefficient (Wildman–Crippen LogP) is 3.21. The van der Waals surface area contributed by atoms with Crippen molar-refractivity contribution in [2.24, 2.45) is 7.05 Å². The van der Waals surface area contributed by atoms with E-state index in [4.69, 9.17) is 5.11 Å². The molecule has 0 fully saturated rings. The average molecular weight is 271 g/mol. The number of hydrogen-bond donors (Lipinski definition) is 1. The molecule has 1 heterocycles. The lowest BCUT2D eigenvalue weighted by Crippen LogP contribution is -2.14. The SMILES string of the molecule is Cn1c(C(F)(F)F)c(CCC(=O)O)c2ccccc21. The molecule has 0 amide bonds. The third kappa shape index (κ3) is 2.43. The van der Waals surface area contributed by atoms with Crippen LogP contribution in [0.2, 0.25) is 0 Å². The van der Waals surface area contributed by atoms with Gasteiger partial charge in [-0.05, 0) is 18.1 Å². The number of benzene rings is 1. The van der Waals surface area contributed by atoms with Crippen molar-refractivity contribution in [1.29, 1.82) is 0 Å². The number of carboxylic acid groups (broad SMARTS) is 1. The van der Waals surface area contributed by atoms with Crippen molar-refractivity contribution in [2.45, 2.75) is 19.0 Å². The molecule has 1 aromatic heterocycles. The smallest absolute Gasteiger partial charge is 0.431 e. The number of aryl methyl sites for hydroxylation is 2. The van der Waals surface area contributed by atoms with Crippen molar-refractivity contribution in [1.82, 2.24) is 4.57 Å². The number of aromatic nitrogens is 1. The van der Waals surface area contributed by atoms with Gasteiger partial charge in [0.2, 0.25) is 0 Å². The van der Waals surface area contributed by atoms with Gasteiger partial charge in [-0.1, -0.05) is 18.2 Å². The monoisotopic (exact) mass is 271 g/mol. The molecule has 0 saturated heterocycles. The van der Waals surface area contributed by atoms with Crippen LogP contribution in [-0.4, -0.2) is 15.6 Å². The Balaban J connectivity index is 2.66. The molecule has 0 bridgehead atoms. The molecular formula is C13H12F3NO2. The summed E-state index contributed by atoms with van der Waals surface area (Å²) >= 11 is 0. The molecule has 0 radical (unpaired) electrons. The van der Waals surface area contributed by atoms with Gasteiger partial charge >= 0.3 is 12.1 Å². The highest BCUT2D eigenvalue weighted by Gasteiger charge is 2.38. The summed E-state index contributed by atoms with van der Waals surface area (Å²) in [6.07, 6.45) is -4.95. The fourth-order valence-electron chi connectivity index (χ4n) is 2.32. The maximum atomic E-state index is 13.1. The Labute approximate surface area is 107 Å². The number of carbonyl (C=O) groups is 1. The standard InChI is InChI=1S/C13H12F3NO2/c1-17-10-5-3-2-4-8(10)9(6-7-11(18)19)12(17)13(14,15)16/h2-5H,6-7H2,1H3,(H,18,19). The Hall–Kier alpha value is -1.98. The number of aliphatic carboxylic acids is 1. The number of nitrogens with zero attached hydrogens (tertiary/aromatic N) is 1. The van der Waals surface area contributed by atoms with Crippen LogP contribution in [0, 0.1) is 0 Å². The molecule has 19 heavy (non-hydrogen) atoms. The van der Waals surface area contributed by atoms with Crippen molar-refractivity contribution in [3.8, 4) is 0 Å². The summed E-state index contributed by atoms with van der Waals surface area (Å²) in [5, 5.41) is 9.12. The predicted molar refractivity (Wildman–Crippen MR) is 63.9 cm³/mol. The molecule has 6 heteroatoms. The van der Waals surface area contributed by atoms with E-state index in [1.807, 2.05) is 0 Å². The van der Waals surface area contributed by atoms with E-state index in [0.29, 0.717) is 10.9 Å². The Morgan fingerprint density at radius 1 is 1.32 bits per heavy atom. The zero-order chi connectivity index (χ0) is 14.2. The molecule has 0 aliphatic heterocycles. The average Bonchev–Trinajstić information content (AvgIpc) is 2.60. The normalized spacial score (nSPS) is 12.0. The first-order chi connectivity index (χ1) is 8.82. The van der Waals surface area contributed by atoms with Crippen molar-refractivity contribution in [2.75, 3.05) is 0 Å². The van der Waals surface area contributed by atoms with Crippen molar-refractivity contribution in [3.63, 3.8) is 0 Å². The quantitative estimate of drug-likeness (QED) is 0.931. The minimum atomic E-state index is -4.50. The van der Waals surface area contributed by atoms with E-state index in [1.165, 1.54) is 7.05 Å². The van der Waals surface area contributed by atoms with E-state index in [1.54, 1.807) is 24.3 Å². The van der Waals surface area contributed by atoms with Crippen LogP contribution in [-0.2, 0) is 24.4 Å². The highest BCUT2D eigenvalue weighted by molar-refractivity contribution is 5.86. The highest BCUT2D eigenvalue weighted by Crippen LogP contribution is 2.38. The molecule has 1 aromatic carbocycles. The fourth-order valence-corrected chi connectivity index (χ4v) is 2.32. The molecule has 0 aliphatic rings. The van der Waals surface area contributed by atoms with Crippen LogP contribution in [0.3, 0.4) is 0 Å². The van der Waals surface area contributed by atoms with Gasteiger partial charge in [0.1, 0.15) is 5.69 Å². The molecule has 0 spiro atoms. The van der Waals surface area contributed by atoms with Crippen LogP contribution < -0.4 is 0 Å². The van der Waals surface area contributed by atoms with Crippen molar-refractivity contribution < 1.29 is 23.1 Å². The first kappa shape index (κ1) is 13.5. The summed E-state index contributed by atoms with van der Waals surface area (Å²) in [5.41, 5.74) is -0.266. The Morgan fingerprint density at radius 2 is 1.95 bits per heavy atom. The highest BCUT2D eigenvalue weighted by atomic mass is 19.4. The largest absolute Gasteiger partial charge is 0.481 e. The van der Waals surface area contributed by atoms with Crippen LogP contribution in [0.1, 0.15) is 17.7 Å². The van der Waals surface area contributed by atoms with Gasteiger partial charge in [0, 0.05) is 24.4 Å². The molecule has 0 saturated carbocycles. The van der Waals surface area contributed by atoms with Crippen LogP contribution in [0.25, 0.3) is 10.9 Å². The number of carboxylic acids is 1. The van der Waals surface area contributed by atoms with Gasteiger partial charge in [-0.15, -0.1) is 0 Å². The fraction of sp³-hybridized carbons (Fsp3) is 0.308. The maximum Gasteiger partial charge on any atom is 0.431 e. The molecule has 0 aliphatic carbocycles. The lowest BCUT2D eigenvalue weighted by atomic mass is 10.1. The van der Waals surface area contributed by atoms with E-state index in [9.17, 15) is 18.0 Å². The molecular weight excluding hydrogens is 259 g/mol. The minimum Gasteiger partial charge on any atom is -0.481 e. The van der Waals surface area contributed by atoms with Gasteiger partial charge in [0.05, 0.1) is 0 Å². The van der Waals surface area contributed by atoms with Gasteiger partial charge in [-0.3, -0.25) is 4.79 Å². The number of rotatable bonds is 3. The first-order valence-electron chi connectivity index (χ1n) is 5.67. The Bertz CT molecular complexity index is 629. The molecule has 3 nitrogen and oxygen atoms in total. The molecule has 2 aromatic rings. The van der Waals surface area contributed by atoms with E-state index < -0.39 is 17.8 Å². The number of halogens is 3. The number of fused-ring (bicyclic) bond motifs is 1.